The normalized spacial score (nSPS) is 23.9. The molecule has 1 fully saturated rings. The van der Waals surface area contributed by atoms with Crippen LogP contribution in [0.25, 0.3) is 0 Å². The molecule has 31 heavy (non-hydrogen) atoms. The zero-order valence-electron chi connectivity index (χ0n) is 17.2. The fourth-order valence-corrected chi connectivity index (χ4v) is 4.52. The number of nitrogens with one attached hydrogen (secondary N) is 3. The maximum absolute atomic E-state index is 13.5. The smallest absolute Gasteiger partial charge is 0.250 e. The Kier molecular flexibility index (Phi) is 5.28. The summed E-state index contributed by atoms with van der Waals surface area (Å²) in [6.07, 6.45) is 0.284. The Morgan fingerprint density at radius 2 is 1.97 bits per heavy atom. The quantitative estimate of drug-likeness (QED) is 0.553. The molecule has 2 aliphatic rings. The lowest BCUT2D eigenvalue weighted by atomic mass is 9.79. The molecule has 0 saturated carbocycles. The highest BCUT2D eigenvalue weighted by Crippen LogP contribution is 2.47. The van der Waals surface area contributed by atoms with Gasteiger partial charge in [0.2, 0.25) is 17.7 Å². The number of para-hydroxylation sites is 1. The molecule has 9 heteroatoms. The zero-order chi connectivity index (χ0) is 22.2. The average molecular weight is 424 g/mol. The molecule has 162 valence electrons. The topological polar surface area (TPSA) is 132 Å². The van der Waals surface area contributed by atoms with Gasteiger partial charge in [0.05, 0.1) is 25.8 Å². The number of fused-ring (bicyclic) bond motifs is 2. The largest absolute Gasteiger partial charge is 0.497 e. The van der Waals surface area contributed by atoms with E-state index in [4.69, 9.17) is 15.2 Å². The van der Waals surface area contributed by atoms with E-state index < -0.39 is 23.4 Å². The van der Waals surface area contributed by atoms with Crippen molar-refractivity contribution in [2.45, 2.75) is 24.4 Å². The molecular formula is C22H24N4O5. The van der Waals surface area contributed by atoms with E-state index in [1.54, 1.807) is 30.3 Å². The van der Waals surface area contributed by atoms with Crippen molar-refractivity contribution < 1.29 is 23.9 Å². The van der Waals surface area contributed by atoms with Gasteiger partial charge in [-0.15, -0.1) is 0 Å². The van der Waals surface area contributed by atoms with Crippen molar-refractivity contribution in [3.8, 4) is 11.5 Å². The Bertz CT molecular complexity index is 1060. The van der Waals surface area contributed by atoms with Gasteiger partial charge < -0.3 is 25.8 Å². The van der Waals surface area contributed by atoms with Crippen molar-refractivity contribution in [1.82, 2.24) is 5.32 Å². The first-order valence-corrected chi connectivity index (χ1v) is 9.89. The van der Waals surface area contributed by atoms with Gasteiger partial charge in [0.15, 0.2) is 0 Å². The monoisotopic (exact) mass is 424 g/mol. The highest BCUT2D eigenvalue weighted by Gasteiger charge is 2.60. The molecule has 0 aromatic heterocycles. The van der Waals surface area contributed by atoms with Crippen LogP contribution in [0.3, 0.4) is 0 Å². The minimum Gasteiger partial charge on any atom is -0.497 e. The Morgan fingerprint density at radius 1 is 1.19 bits per heavy atom. The molecule has 3 amide bonds. The fourth-order valence-electron chi connectivity index (χ4n) is 4.52. The van der Waals surface area contributed by atoms with Gasteiger partial charge in [-0.3, -0.25) is 19.7 Å². The maximum atomic E-state index is 13.5. The molecule has 0 bridgehead atoms. The van der Waals surface area contributed by atoms with Crippen molar-refractivity contribution >= 4 is 29.1 Å². The van der Waals surface area contributed by atoms with E-state index in [1.165, 1.54) is 14.2 Å². The second-order valence-electron chi connectivity index (χ2n) is 7.66. The number of hydrogen-bond acceptors (Lipinski definition) is 6. The van der Waals surface area contributed by atoms with Gasteiger partial charge >= 0.3 is 0 Å². The highest BCUT2D eigenvalue weighted by atomic mass is 16.5. The Hall–Kier alpha value is -3.59. The number of carbonyl (C=O) groups excluding carboxylic acids is 3. The third-order valence-corrected chi connectivity index (χ3v) is 5.86. The lowest BCUT2D eigenvalue weighted by Gasteiger charge is -2.29. The van der Waals surface area contributed by atoms with Gasteiger partial charge in [-0.05, 0) is 24.6 Å². The molecule has 0 unspecified atom stereocenters. The molecule has 0 aliphatic carbocycles. The lowest BCUT2D eigenvalue weighted by molar-refractivity contribution is -0.130. The van der Waals surface area contributed by atoms with Crippen molar-refractivity contribution in [3.05, 3.63) is 48.0 Å². The number of amides is 3. The minimum absolute atomic E-state index is 0.0173. The van der Waals surface area contributed by atoms with Crippen LogP contribution in [0.2, 0.25) is 0 Å². The van der Waals surface area contributed by atoms with E-state index in [2.05, 4.69) is 16.0 Å². The van der Waals surface area contributed by atoms with Gasteiger partial charge in [0.25, 0.3) is 0 Å². The Balaban J connectivity index is 1.72. The minimum atomic E-state index is -1.30. The molecule has 2 aromatic carbocycles. The van der Waals surface area contributed by atoms with Crippen molar-refractivity contribution in [3.63, 3.8) is 0 Å². The number of benzene rings is 2. The van der Waals surface area contributed by atoms with Gasteiger partial charge in [-0.1, -0.05) is 18.2 Å². The molecule has 2 heterocycles. The first-order chi connectivity index (χ1) is 14.9. The fraction of sp³-hybridized carbons (Fsp3) is 0.318. The molecule has 2 aliphatic heterocycles. The predicted molar refractivity (Wildman–Crippen MR) is 114 cm³/mol. The van der Waals surface area contributed by atoms with Crippen LogP contribution in [0, 0.1) is 5.92 Å². The van der Waals surface area contributed by atoms with Crippen LogP contribution < -0.4 is 31.2 Å². The number of methoxy groups -OCH3 is 2. The molecule has 1 saturated heterocycles. The van der Waals surface area contributed by atoms with Gasteiger partial charge in [-0.2, -0.15) is 0 Å². The van der Waals surface area contributed by atoms with E-state index in [9.17, 15) is 14.4 Å². The van der Waals surface area contributed by atoms with E-state index in [1.807, 2.05) is 12.1 Å². The van der Waals surface area contributed by atoms with Crippen molar-refractivity contribution in [1.29, 1.82) is 0 Å². The van der Waals surface area contributed by atoms with E-state index in [-0.39, 0.29) is 24.7 Å². The van der Waals surface area contributed by atoms with E-state index in [0.29, 0.717) is 28.4 Å². The summed E-state index contributed by atoms with van der Waals surface area (Å²) < 4.78 is 10.6. The maximum Gasteiger partial charge on any atom is 0.250 e. The van der Waals surface area contributed by atoms with Crippen LogP contribution in [0.1, 0.15) is 18.4 Å². The Labute approximate surface area is 179 Å². The second kappa shape index (κ2) is 7.92. The van der Waals surface area contributed by atoms with Gasteiger partial charge in [0, 0.05) is 29.8 Å². The average Bonchev–Trinajstić information content (AvgIpc) is 3.26. The lowest BCUT2D eigenvalue weighted by Crippen LogP contribution is -2.52. The van der Waals surface area contributed by atoms with Crippen LogP contribution in [0.4, 0.5) is 11.4 Å². The Morgan fingerprint density at radius 3 is 2.68 bits per heavy atom. The van der Waals surface area contributed by atoms with E-state index >= 15 is 0 Å². The summed E-state index contributed by atoms with van der Waals surface area (Å²) in [6, 6.07) is 11.8. The van der Waals surface area contributed by atoms with Gasteiger partial charge in [-0.25, -0.2) is 0 Å². The first-order valence-electron chi connectivity index (χ1n) is 9.89. The summed E-state index contributed by atoms with van der Waals surface area (Å²) in [5, 5.41) is 8.97. The summed E-state index contributed by atoms with van der Waals surface area (Å²) in [5.41, 5.74) is 5.82. The van der Waals surface area contributed by atoms with Crippen LogP contribution in [-0.2, 0) is 19.9 Å². The number of anilines is 2. The van der Waals surface area contributed by atoms with Crippen molar-refractivity contribution in [2.24, 2.45) is 11.7 Å². The summed E-state index contributed by atoms with van der Waals surface area (Å²) in [7, 11) is 3.02. The summed E-state index contributed by atoms with van der Waals surface area (Å²) in [4.78, 5) is 38.2. The molecule has 5 N–H and O–H groups in total. The van der Waals surface area contributed by atoms with E-state index in [0.717, 1.165) is 0 Å². The first kappa shape index (κ1) is 20.7. The number of rotatable bonds is 6. The summed E-state index contributed by atoms with van der Waals surface area (Å²) in [5.74, 6) is -0.993. The van der Waals surface area contributed by atoms with Crippen LogP contribution >= 0.6 is 0 Å². The standard InChI is InChI=1S/C22H24N4O5/c1-30-13-7-8-18(31-2)17(11-13)24-20(28)15-9-12(10-19(23)27)26-22(15)14-5-3-4-6-16(14)25-21(22)29/h3-8,11-12,15,26H,9-10H2,1-2H3,(H2,23,27)(H,24,28)(H,25,29)/t12-,15-,22+/m1/s1. The molecule has 4 rings (SSSR count). The number of nitrogens with two attached hydrogens (primary N) is 1. The van der Waals surface area contributed by atoms with Crippen LogP contribution in [0.15, 0.2) is 42.5 Å². The molecular weight excluding hydrogens is 400 g/mol. The number of hydrogen-bond donors (Lipinski definition) is 4. The summed E-state index contributed by atoms with van der Waals surface area (Å²) in [6.45, 7) is 0. The zero-order valence-corrected chi connectivity index (χ0v) is 17.2. The number of ether oxygens (including phenoxy) is 2. The van der Waals surface area contributed by atoms with Crippen LogP contribution in [-0.4, -0.2) is 38.0 Å². The van der Waals surface area contributed by atoms with Crippen molar-refractivity contribution in [2.75, 3.05) is 24.9 Å². The third kappa shape index (κ3) is 3.46. The van der Waals surface area contributed by atoms with Crippen LogP contribution in [0.5, 0.6) is 11.5 Å². The highest BCUT2D eigenvalue weighted by molar-refractivity contribution is 6.10. The second-order valence-corrected chi connectivity index (χ2v) is 7.66. The predicted octanol–water partition coefficient (Wildman–Crippen LogP) is 1.34. The third-order valence-electron chi connectivity index (χ3n) is 5.86. The molecule has 2 aromatic rings. The molecule has 0 radical (unpaired) electrons. The molecule has 1 spiro atoms. The molecule has 9 nitrogen and oxygen atoms in total. The molecule has 3 atom stereocenters. The number of carbonyl (C=O) groups is 3. The summed E-state index contributed by atoms with van der Waals surface area (Å²) >= 11 is 0. The number of primary amides is 1. The SMILES string of the molecule is COc1ccc(OC)c(NC(=O)[C@H]2C[C@H](CC(N)=O)N[C@]23C(=O)Nc2ccccc23)c1. The van der Waals surface area contributed by atoms with Gasteiger partial charge in [0.1, 0.15) is 17.0 Å².